The first-order valence-electron chi connectivity index (χ1n) is 4.43. The molecular formula is C9H8ClIN4O. The van der Waals surface area contributed by atoms with Crippen molar-refractivity contribution >= 4 is 45.9 Å². The van der Waals surface area contributed by atoms with Crippen LogP contribution in [0.1, 0.15) is 5.89 Å². The van der Waals surface area contributed by atoms with E-state index in [9.17, 15) is 0 Å². The highest BCUT2D eigenvalue weighted by Crippen LogP contribution is 2.26. The first kappa shape index (κ1) is 11.6. The summed E-state index contributed by atoms with van der Waals surface area (Å²) in [6, 6.07) is 5.89. The predicted molar refractivity (Wildman–Crippen MR) is 69.6 cm³/mol. The molecule has 0 unspecified atom stereocenters. The molecule has 0 saturated carbocycles. The highest BCUT2D eigenvalue weighted by molar-refractivity contribution is 14.1. The number of halogens is 2. The van der Waals surface area contributed by atoms with Crippen LogP contribution in [0.25, 0.3) is 0 Å². The van der Waals surface area contributed by atoms with E-state index >= 15 is 0 Å². The molecule has 3 N–H and O–H groups in total. The number of nitrogens with zero attached hydrogens (tertiary/aromatic N) is 2. The molecule has 0 radical (unpaired) electrons. The third kappa shape index (κ3) is 2.63. The Kier molecular flexibility index (Phi) is 3.62. The summed E-state index contributed by atoms with van der Waals surface area (Å²) in [6.07, 6.45) is 0. The van der Waals surface area contributed by atoms with E-state index in [2.05, 4.69) is 38.1 Å². The van der Waals surface area contributed by atoms with Crippen LogP contribution in [0, 0.1) is 3.57 Å². The molecule has 0 aliphatic carbocycles. The molecule has 0 spiro atoms. The minimum atomic E-state index is 0.217. The molecule has 0 amide bonds. The minimum absolute atomic E-state index is 0.217. The Hall–Kier alpha value is -0.860. The number of nitrogens with one attached hydrogen (secondary N) is 1. The standard InChI is InChI=1S/C9H8ClIN4O/c10-6-3-5(11)1-2-7(6)13-9-15-14-8(4-12)16-9/h1-3H,4,12H2,(H,13,15). The van der Waals surface area contributed by atoms with Gasteiger partial charge in [-0.15, -0.1) is 5.10 Å². The van der Waals surface area contributed by atoms with Crippen molar-refractivity contribution in [3.05, 3.63) is 32.7 Å². The lowest BCUT2D eigenvalue weighted by Gasteiger charge is -2.03. The Labute approximate surface area is 111 Å². The van der Waals surface area contributed by atoms with Crippen LogP contribution in [-0.4, -0.2) is 10.2 Å². The zero-order valence-corrected chi connectivity index (χ0v) is 11.0. The molecular weight excluding hydrogens is 342 g/mol. The smallest absolute Gasteiger partial charge is 0.320 e. The topological polar surface area (TPSA) is 77.0 Å². The van der Waals surface area contributed by atoms with E-state index in [0.717, 1.165) is 3.57 Å². The fourth-order valence-electron chi connectivity index (χ4n) is 1.09. The number of rotatable bonds is 3. The number of nitrogens with two attached hydrogens (primary N) is 1. The van der Waals surface area contributed by atoms with Crippen molar-refractivity contribution in [2.75, 3.05) is 5.32 Å². The van der Waals surface area contributed by atoms with Crippen LogP contribution in [-0.2, 0) is 6.54 Å². The molecule has 5 nitrogen and oxygen atoms in total. The van der Waals surface area contributed by atoms with Crippen LogP contribution < -0.4 is 11.1 Å². The van der Waals surface area contributed by atoms with Crippen molar-refractivity contribution in [2.24, 2.45) is 5.73 Å². The number of aromatic nitrogens is 2. The van der Waals surface area contributed by atoms with Crippen LogP contribution in [0.4, 0.5) is 11.7 Å². The molecule has 84 valence electrons. The average molecular weight is 351 g/mol. The van der Waals surface area contributed by atoms with Gasteiger partial charge >= 0.3 is 6.01 Å². The Bertz CT molecular complexity index is 502. The molecule has 0 aliphatic rings. The van der Waals surface area contributed by atoms with Crippen molar-refractivity contribution in [3.63, 3.8) is 0 Å². The third-order valence-corrected chi connectivity index (χ3v) is 2.80. The molecule has 0 atom stereocenters. The van der Waals surface area contributed by atoms with Gasteiger partial charge in [0.25, 0.3) is 0 Å². The fraction of sp³-hybridized carbons (Fsp3) is 0.111. The third-order valence-electron chi connectivity index (χ3n) is 1.81. The molecule has 0 aliphatic heterocycles. The van der Waals surface area contributed by atoms with E-state index in [0.29, 0.717) is 16.6 Å². The molecule has 0 fully saturated rings. The van der Waals surface area contributed by atoms with Crippen molar-refractivity contribution in [1.82, 2.24) is 10.2 Å². The van der Waals surface area contributed by atoms with E-state index in [-0.39, 0.29) is 12.6 Å². The van der Waals surface area contributed by atoms with Gasteiger partial charge in [-0.05, 0) is 40.8 Å². The monoisotopic (exact) mass is 350 g/mol. The maximum absolute atomic E-state index is 6.04. The SMILES string of the molecule is NCc1nnc(Nc2ccc(I)cc2Cl)o1. The van der Waals surface area contributed by atoms with Crippen LogP contribution in [0.15, 0.2) is 22.6 Å². The minimum Gasteiger partial charge on any atom is -0.406 e. The summed E-state index contributed by atoms with van der Waals surface area (Å²) in [4.78, 5) is 0. The van der Waals surface area contributed by atoms with Crippen LogP contribution in [0.3, 0.4) is 0 Å². The van der Waals surface area contributed by atoms with Gasteiger partial charge in [0.15, 0.2) is 0 Å². The highest BCUT2D eigenvalue weighted by atomic mass is 127. The molecule has 2 aromatic rings. The van der Waals surface area contributed by atoms with Crippen LogP contribution in [0.2, 0.25) is 5.02 Å². The summed E-state index contributed by atoms with van der Waals surface area (Å²) in [5, 5.41) is 11.0. The van der Waals surface area contributed by atoms with Gasteiger partial charge in [-0.25, -0.2) is 0 Å². The molecule has 1 heterocycles. The van der Waals surface area contributed by atoms with Gasteiger partial charge in [-0.3, -0.25) is 0 Å². The second-order valence-electron chi connectivity index (χ2n) is 2.95. The summed E-state index contributed by atoms with van der Waals surface area (Å²) in [5.74, 6) is 0.379. The molecule has 0 saturated heterocycles. The van der Waals surface area contributed by atoms with Gasteiger partial charge < -0.3 is 15.5 Å². The summed E-state index contributed by atoms with van der Waals surface area (Å²) in [7, 11) is 0. The van der Waals surface area contributed by atoms with E-state index in [1.807, 2.05) is 18.2 Å². The lowest BCUT2D eigenvalue weighted by atomic mass is 10.3. The number of anilines is 2. The van der Waals surface area contributed by atoms with E-state index in [1.54, 1.807) is 0 Å². The molecule has 7 heteroatoms. The zero-order chi connectivity index (χ0) is 11.5. The molecule has 0 bridgehead atoms. The second kappa shape index (κ2) is 4.98. The van der Waals surface area contributed by atoms with Crippen molar-refractivity contribution in [1.29, 1.82) is 0 Å². The predicted octanol–water partition coefficient (Wildman–Crippen LogP) is 2.53. The van der Waals surface area contributed by atoms with E-state index in [1.165, 1.54) is 0 Å². The number of hydrogen-bond donors (Lipinski definition) is 2. The summed E-state index contributed by atoms with van der Waals surface area (Å²) in [5.41, 5.74) is 6.07. The maximum Gasteiger partial charge on any atom is 0.320 e. The van der Waals surface area contributed by atoms with Gasteiger partial charge in [-0.1, -0.05) is 16.7 Å². The largest absolute Gasteiger partial charge is 0.406 e. The Balaban J connectivity index is 2.20. The van der Waals surface area contributed by atoms with Gasteiger partial charge in [0.2, 0.25) is 5.89 Å². The number of hydrogen-bond acceptors (Lipinski definition) is 5. The van der Waals surface area contributed by atoms with E-state index < -0.39 is 0 Å². The van der Waals surface area contributed by atoms with Crippen molar-refractivity contribution < 1.29 is 4.42 Å². The lowest BCUT2D eigenvalue weighted by Crippen LogP contribution is -1.95. The Morgan fingerprint density at radius 2 is 2.25 bits per heavy atom. The van der Waals surface area contributed by atoms with Gasteiger partial charge in [0.05, 0.1) is 17.3 Å². The average Bonchev–Trinajstić information content (AvgIpc) is 2.70. The van der Waals surface area contributed by atoms with Crippen molar-refractivity contribution in [2.45, 2.75) is 6.54 Å². The second-order valence-corrected chi connectivity index (χ2v) is 4.61. The molecule has 2 rings (SSSR count). The Morgan fingerprint density at radius 3 is 2.88 bits per heavy atom. The van der Waals surface area contributed by atoms with Gasteiger partial charge in [0.1, 0.15) is 0 Å². The summed E-state index contributed by atoms with van der Waals surface area (Å²) >= 11 is 8.22. The normalized spacial score (nSPS) is 10.4. The molecule has 1 aromatic carbocycles. The van der Waals surface area contributed by atoms with Gasteiger partial charge in [-0.2, -0.15) is 0 Å². The fourth-order valence-corrected chi connectivity index (χ4v) is 2.00. The number of benzene rings is 1. The zero-order valence-electron chi connectivity index (χ0n) is 8.08. The lowest BCUT2D eigenvalue weighted by molar-refractivity contribution is 0.511. The van der Waals surface area contributed by atoms with Crippen LogP contribution in [0.5, 0.6) is 0 Å². The quantitative estimate of drug-likeness (QED) is 0.832. The molecule has 16 heavy (non-hydrogen) atoms. The highest BCUT2D eigenvalue weighted by Gasteiger charge is 2.07. The summed E-state index contributed by atoms with van der Waals surface area (Å²) < 4.78 is 6.26. The van der Waals surface area contributed by atoms with E-state index in [4.69, 9.17) is 21.8 Å². The first-order chi connectivity index (χ1) is 7.69. The first-order valence-corrected chi connectivity index (χ1v) is 5.89. The Morgan fingerprint density at radius 1 is 1.44 bits per heavy atom. The summed E-state index contributed by atoms with van der Waals surface area (Å²) in [6.45, 7) is 0.217. The van der Waals surface area contributed by atoms with Gasteiger partial charge in [0, 0.05) is 3.57 Å². The maximum atomic E-state index is 6.04. The van der Waals surface area contributed by atoms with Crippen molar-refractivity contribution in [3.8, 4) is 0 Å². The molecule has 1 aromatic heterocycles. The van der Waals surface area contributed by atoms with Crippen LogP contribution >= 0.6 is 34.2 Å².